The van der Waals surface area contributed by atoms with Gasteiger partial charge in [0.2, 0.25) is 0 Å². The average molecular weight is 440 g/mol. The molecular formula is C24H29N3O5. The van der Waals surface area contributed by atoms with Crippen molar-refractivity contribution in [2.45, 2.75) is 31.4 Å². The van der Waals surface area contributed by atoms with Crippen LogP contribution in [0.5, 0.6) is 5.75 Å². The number of aromatic nitrogens is 1. The summed E-state index contributed by atoms with van der Waals surface area (Å²) >= 11 is 0. The third-order valence-electron chi connectivity index (χ3n) is 6.63. The molecule has 3 fully saturated rings. The number of methoxy groups -OCH3 is 1. The van der Waals surface area contributed by atoms with Crippen molar-refractivity contribution in [3.05, 3.63) is 48.7 Å². The van der Waals surface area contributed by atoms with E-state index < -0.39 is 18.2 Å². The number of pyridine rings is 1. The fourth-order valence-corrected chi connectivity index (χ4v) is 4.99. The number of piperidine rings is 3. The Morgan fingerprint density at radius 1 is 1.41 bits per heavy atom. The van der Waals surface area contributed by atoms with E-state index in [0.717, 1.165) is 42.4 Å². The molecule has 2 aromatic rings. The SMILES string of the molecule is C=CC1CN2CCC1C[C@H]2[C@H](OC(=O)NCCC(=O)O)c1ccnc2ccc(OC)cc12. The molecule has 32 heavy (non-hydrogen) atoms. The molecule has 0 radical (unpaired) electrons. The van der Waals surface area contributed by atoms with Gasteiger partial charge in [-0.05, 0) is 55.5 Å². The summed E-state index contributed by atoms with van der Waals surface area (Å²) in [5.41, 5.74) is 1.66. The maximum atomic E-state index is 12.6. The smallest absolute Gasteiger partial charge is 0.407 e. The Morgan fingerprint density at radius 2 is 2.25 bits per heavy atom. The summed E-state index contributed by atoms with van der Waals surface area (Å²) in [4.78, 5) is 30.3. The zero-order valence-electron chi connectivity index (χ0n) is 18.2. The number of carboxylic acid groups (broad SMARTS) is 1. The highest BCUT2D eigenvalue weighted by Gasteiger charge is 2.44. The number of nitrogens with one attached hydrogen (secondary N) is 1. The number of carbonyl (C=O) groups excluding carboxylic acids is 1. The molecule has 8 heteroatoms. The van der Waals surface area contributed by atoms with E-state index in [-0.39, 0.29) is 19.0 Å². The molecule has 5 atom stereocenters. The second-order valence-corrected chi connectivity index (χ2v) is 8.43. The Morgan fingerprint density at radius 3 is 2.94 bits per heavy atom. The third-order valence-corrected chi connectivity index (χ3v) is 6.63. The molecule has 4 heterocycles. The van der Waals surface area contributed by atoms with E-state index in [0.29, 0.717) is 17.6 Å². The van der Waals surface area contributed by atoms with Crippen LogP contribution in [0.25, 0.3) is 10.9 Å². The molecule has 0 spiro atoms. The maximum Gasteiger partial charge on any atom is 0.407 e. The molecule has 1 aromatic carbocycles. The van der Waals surface area contributed by atoms with Crippen LogP contribution in [0.3, 0.4) is 0 Å². The van der Waals surface area contributed by atoms with Crippen molar-refractivity contribution in [3.63, 3.8) is 0 Å². The number of carboxylic acids is 1. The molecule has 8 nitrogen and oxygen atoms in total. The van der Waals surface area contributed by atoms with E-state index in [2.05, 4.69) is 21.8 Å². The lowest BCUT2D eigenvalue weighted by atomic mass is 9.73. The fraction of sp³-hybridized carbons (Fsp3) is 0.458. The minimum absolute atomic E-state index is 0.0152. The second kappa shape index (κ2) is 9.56. The van der Waals surface area contributed by atoms with Gasteiger partial charge in [0.25, 0.3) is 0 Å². The molecule has 1 amide bonds. The Hall–Kier alpha value is -3.13. The third kappa shape index (κ3) is 4.55. The van der Waals surface area contributed by atoms with Crippen LogP contribution in [0.15, 0.2) is 43.1 Å². The van der Waals surface area contributed by atoms with E-state index in [1.54, 1.807) is 13.3 Å². The molecule has 2 bridgehead atoms. The summed E-state index contributed by atoms with van der Waals surface area (Å²) < 4.78 is 11.4. The van der Waals surface area contributed by atoms with Gasteiger partial charge in [0.15, 0.2) is 0 Å². The summed E-state index contributed by atoms with van der Waals surface area (Å²) in [6.45, 7) is 5.86. The highest BCUT2D eigenvalue weighted by atomic mass is 16.6. The molecule has 3 aliphatic rings. The monoisotopic (exact) mass is 439 g/mol. The summed E-state index contributed by atoms with van der Waals surface area (Å²) in [5, 5.41) is 12.3. The van der Waals surface area contributed by atoms with Gasteiger partial charge < -0.3 is 19.9 Å². The van der Waals surface area contributed by atoms with Gasteiger partial charge in [-0.1, -0.05) is 6.08 Å². The van der Waals surface area contributed by atoms with Crippen molar-refractivity contribution in [1.82, 2.24) is 15.2 Å². The van der Waals surface area contributed by atoms with Crippen LogP contribution in [0.1, 0.15) is 30.9 Å². The number of alkyl carbamates (subject to hydrolysis) is 1. The summed E-state index contributed by atoms with van der Waals surface area (Å²) in [6, 6.07) is 7.58. The van der Waals surface area contributed by atoms with Crippen LogP contribution in [0.2, 0.25) is 0 Å². The van der Waals surface area contributed by atoms with Gasteiger partial charge in [0, 0.05) is 30.2 Å². The number of ether oxygens (including phenoxy) is 2. The van der Waals surface area contributed by atoms with Crippen LogP contribution in [-0.2, 0) is 9.53 Å². The van der Waals surface area contributed by atoms with Gasteiger partial charge in [-0.15, -0.1) is 6.58 Å². The Balaban J connectivity index is 1.67. The minimum atomic E-state index is -0.972. The molecule has 0 saturated carbocycles. The zero-order chi connectivity index (χ0) is 22.7. The number of hydrogen-bond donors (Lipinski definition) is 2. The Bertz CT molecular complexity index is 1010. The van der Waals surface area contributed by atoms with E-state index >= 15 is 0 Å². The van der Waals surface area contributed by atoms with E-state index in [4.69, 9.17) is 14.6 Å². The van der Waals surface area contributed by atoms with Crippen molar-refractivity contribution in [2.75, 3.05) is 26.7 Å². The van der Waals surface area contributed by atoms with E-state index in [9.17, 15) is 9.59 Å². The number of hydrogen-bond acceptors (Lipinski definition) is 6. The van der Waals surface area contributed by atoms with Gasteiger partial charge in [-0.25, -0.2) is 4.79 Å². The molecule has 0 aliphatic carbocycles. The van der Waals surface area contributed by atoms with E-state index in [1.807, 2.05) is 30.3 Å². The fourth-order valence-electron chi connectivity index (χ4n) is 4.99. The lowest BCUT2D eigenvalue weighted by molar-refractivity contribution is -0.136. The van der Waals surface area contributed by atoms with E-state index in [1.165, 1.54) is 0 Å². The Kier molecular flexibility index (Phi) is 6.60. The summed E-state index contributed by atoms with van der Waals surface area (Å²) in [7, 11) is 1.61. The van der Waals surface area contributed by atoms with Crippen molar-refractivity contribution < 1.29 is 24.2 Å². The quantitative estimate of drug-likeness (QED) is 0.608. The number of nitrogens with zero attached hydrogens (tertiary/aromatic N) is 2. The number of fused-ring (bicyclic) bond motifs is 4. The number of amides is 1. The predicted molar refractivity (Wildman–Crippen MR) is 120 cm³/mol. The van der Waals surface area contributed by atoms with Gasteiger partial charge in [0.1, 0.15) is 11.9 Å². The number of rotatable bonds is 8. The molecule has 1 aromatic heterocycles. The largest absolute Gasteiger partial charge is 0.497 e. The zero-order valence-corrected chi connectivity index (χ0v) is 18.2. The van der Waals surface area contributed by atoms with Crippen molar-refractivity contribution in [1.29, 1.82) is 0 Å². The molecule has 2 N–H and O–H groups in total. The lowest BCUT2D eigenvalue weighted by Gasteiger charge is -2.51. The number of carbonyl (C=O) groups is 2. The van der Waals surface area contributed by atoms with Gasteiger partial charge in [0.05, 0.1) is 25.1 Å². The second-order valence-electron chi connectivity index (χ2n) is 8.43. The maximum absolute atomic E-state index is 12.6. The van der Waals surface area contributed by atoms with Crippen molar-refractivity contribution >= 4 is 23.0 Å². The highest BCUT2D eigenvalue weighted by molar-refractivity contribution is 5.84. The Labute approximate surface area is 187 Å². The first kappa shape index (κ1) is 22.1. The van der Waals surface area contributed by atoms with Crippen LogP contribution in [0.4, 0.5) is 4.79 Å². The molecule has 170 valence electrons. The molecule has 3 saturated heterocycles. The van der Waals surface area contributed by atoms with Crippen LogP contribution >= 0.6 is 0 Å². The van der Waals surface area contributed by atoms with Crippen LogP contribution < -0.4 is 10.1 Å². The summed E-state index contributed by atoms with van der Waals surface area (Å²) in [5.74, 6) is 0.680. The minimum Gasteiger partial charge on any atom is -0.497 e. The molecule has 3 unspecified atom stereocenters. The van der Waals surface area contributed by atoms with Crippen LogP contribution in [0, 0.1) is 11.8 Å². The number of benzene rings is 1. The van der Waals surface area contributed by atoms with Gasteiger partial charge >= 0.3 is 12.1 Å². The number of aliphatic carboxylic acids is 1. The molecular weight excluding hydrogens is 410 g/mol. The first-order valence-corrected chi connectivity index (χ1v) is 11.0. The highest BCUT2D eigenvalue weighted by Crippen LogP contribution is 2.43. The predicted octanol–water partition coefficient (Wildman–Crippen LogP) is 3.38. The summed E-state index contributed by atoms with van der Waals surface area (Å²) in [6.07, 6.45) is 4.47. The molecule has 3 aliphatic heterocycles. The van der Waals surface area contributed by atoms with Crippen molar-refractivity contribution in [3.8, 4) is 5.75 Å². The van der Waals surface area contributed by atoms with Crippen molar-refractivity contribution in [2.24, 2.45) is 11.8 Å². The first-order chi connectivity index (χ1) is 15.5. The topological polar surface area (TPSA) is 101 Å². The first-order valence-electron chi connectivity index (χ1n) is 11.0. The normalized spacial score (nSPS) is 25.2. The standard InChI is InChI=1S/C24H29N3O5/c1-3-15-14-27-11-8-16(15)12-21(27)23(32-24(30)26-10-7-22(28)29)18-6-9-25-20-5-4-17(31-2)13-19(18)20/h3-6,9,13,15-16,21,23H,1,7-8,10-12,14H2,2H3,(H,26,30)(H,28,29)/t15?,16?,21-,23+/m0/s1. The van der Waals surface area contributed by atoms with Gasteiger partial charge in [-0.2, -0.15) is 0 Å². The average Bonchev–Trinajstić information content (AvgIpc) is 2.81. The van der Waals surface area contributed by atoms with Crippen LogP contribution in [-0.4, -0.2) is 59.8 Å². The van der Waals surface area contributed by atoms with Gasteiger partial charge in [-0.3, -0.25) is 14.7 Å². The lowest BCUT2D eigenvalue weighted by Crippen LogP contribution is -2.55. The molecule has 5 rings (SSSR count).